The number of carbonyl (C=O) groups excluding carboxylic acids is 2. The molecule has 0 radical (unpaired) electrons. The maximum atomic E-state index is 12.4. The van der Waals surface area contributed by atoms with Crippen LogP contribution in [0.3, 0.4) is 0 Å². The molecule has 0 bridgehead atoms. The van der Waals surface area contributed by atoms with Crippen LogP contribution in [0.4, 0.5) is 10.8 Å². The molecular weight excluding hydrogens is 394 g/mol. The maximum absolute atomic E-state index is 12.4. The van der Waals surface area contributed by atoms with Crippen LogP contribution in [0.2, 0.25) is 0 Å². The number of thiazole rings is 1. The van der Waals surface area contributed by atoms with Gasteiger partial charge in [0.2, 0.25) is 0 Å². The molecular formula is C20H19N3O5S. The Bertz CT molecular complexity index is 1020. The van der Waals surface area contributed by atoms with Crippen LogP contribution in [0, 0.1) is 0 Å². The highest BCUT2D eigenvalue weighted by atomic mass is 32.1. The van der Waals surface area contributed by atoms with E-state index in [-0.39, 0.29) is 11.6 Å². The number of carbonyl (C=O) groups is 2. The molecule has 29 heavy (non-hydrogen) atoms. The van der Waals surface area contributed by atoms with E-state index in [4.69, 9.17) is 14.2 Å². The second kappa shape index (κ2) is 9.07. The number of benzene rings is 2. The van der Waals surface area contributed by atoms with Gasteiger partial charge in [-0.15, -0.1) is 11.3 Å². The van der Waals surface area contributed by atoms with E-state index in [0.29, 0.717) is 33.6 Å². The predicted octanol–water partition coefficient (Wildman–Crippen LogP) is 3.67. The van der Waals surface area contributed by atoms with E-state index >= 15 is 0 Å². The summed E-state index contributed by atoms with van der Waals surface area (Å²) in [6.07, 6.45) is 0. The Morgan fingerprint density at radius 2 is 1.59 bits per heavy atom. The lowest BCUT2D eigenvalue weighted by atomic mass is 10.2. The molecule has 0 atom stereocenters. The predicted molar refractivity (Wildman–Crippen MR) is 111 cm³/mol. The minimum Gasteiger partial charge on any atom is -0.497 e. The number of nitrogens with one attached hydrogen (secondary N) is 2. The number of ether oxygens (including phenoxy) is 3. The lowest BCUT2D eigenvalue weighted by Gasteiger charge is -2.10. The molecule has 1 heterocycles. The van der Waals surface area contributed by atoms with E-state index in [2.05, 4.69) is 15.6 Å². The van der Waals surface area contributed by atoms with E-state index in [1.807, 2.05) is 0 Å². The Morgan fingerprint density at radius 1 is 0.862 bits per heavy atom. The van der Waals surface area contributed by atoms with Crippen molar-refractivity contribution >= 4 is 34.0 Å². The highest BCUT2D eigenvalue weighted by Gasteiger charge is 2.15. The molecule has 0 aliphatic heterocycles. The third-order valence-corrected chi connectivity index (χ3v) is 4.71. The van der Waals surface area contributed by atoms with E-state index < -0.39 is 5.91 Å². The minimum absolute atomic E-state index is 0.190. The number of amides is 2. The number of nitrogens with zero attached hydrogens (tertiary/aromatic N) is 1. The molecule has 9 heteroatoms. The van der Waals surface area contributed by atoms with Crippen molar-refractivity contribution in [1.82, 2.24) is 4.98 Å². The third kappa shape index (κ3) is 4.82. The standard InChI is InChI=1S/C20H19N3O5S/c1-26-14-7-4-12(5-8-14)18(24)23-20-22-15(11-29-20)19(25)21-13-6-9-16(27-2)17(10-13)28-3/h4-11H,1-3H3,(H,21,25)(H,22,23,24). The van der Waals surface area contributed by atoms with Gasteiger partial charge in [-0.25, -0.2) is 4.98 Å². The summed E-state index contributed by atoms with van der Waals surface area (Å²) in [6.45, 7) is 0. The Kier molecular flexibility index (Phi) is 6.30. The Balaban J connectivity index is 1.65. The zero-order valence-electron chi connectivity index (χ0n) is 16.0. The largest absolute Gasteiger partial charge is 0.497 e. The molecule has 3 rings (SSSR count). The summed E-state index contributed by atoms with van der Waals surface area (Å²) >= 11 is 1.16. The van der Waals surface area contributed by atoms with Gasteiger partial charge in [0, 0.05) is 22.7 Å². The van der Waals surface area contributed by atoms with Gasteiger partial charge in [-0.05, 0) is 36.4 Å². The topological polar surface area (TPSA) is 98.8 Å². The average Bonchev–Trinajstić information content (AvgIpc) is 3.22. The van der Waals surface area contributed by atoms with Crippen molar-refractivity contribution < 1.29 is 23.8 Å². The van der Waals surface area contributed by atoms with Crippen LogP contribution in [-0.4, -0.2) is 38.1 Å². The zero-order valence-corrected chi connectivity index (χ0v) is 16.8. The first-order valence-corrected chi connectivity index (χ1v) is 9.36. The first-order chi connectivity index (χ1) is 14.0. The number of hydrogen-bond acceptors (Lipinski definition) is 7. The van der Waals surface area contributed by atoms with Gasteiger partial charge in [0.25, 0.3) is 11.8 Å². The van der Waals surface area contributed by atoms with Crippen LogP contribution in [0.1, 0.15) is 20.8 Å². The van der Waals surface area contributed by atoms with E-state index in [0.717, 1.165) is 11.3 Å². The smallest absolute Gasteiger partial charge is 0.275 e. The summed E-state index contributed by atoms with van der Waals surface area (Å²) in [5.74, 6) is 0.982. The van der Waals surface area contributed by atoms with Gasteiger partial charge in [-0.1, -0.05) is 0 Å². The molecule has 2 N–H and O–H groups in total. The monoisotopic (exact) mass is 413 g/mol. The Hall–Kier alpha value is -3.59. The minimum atomic E-state index is -0.404. The molecule has 150 valence electrons. The van der Waals surface area contributed by atoms with Crippen molar-refractivity contribution in [1.29, 1.82) is 0 Å². The first kappa shape index (κ1) is 20.2. The van der Waals surface area contributed by atoms with Crippen LogP contribution in [0.25, 0.3) is 0 Å². The number of hydrogen-bond donors (Lipinski definition) is 2. The van der Waals surface area contributed by atoms with E-state index in [9.17, 15) is 9.59 Å². The highest BCUT2D eigenvalue weighted by molar-refractivity contribution is 7.14. The molecule has 8 nitrogen and oxygen atoms in total. The molecule has 0 saturated heterocycles. The van der Waals surface area contributed by atoms with Crippen LogP contribution in [0.5, 0.6) is 17.2 Å². The Morgan fingerprint density at radius 3 is 2.24 bits per heavy atom. The van der Waals surface area contributed by atoms with Gasteiger partial charge in [0.05, 0.1) is 21.3 Å². The molecule has 2 aromatic carbocycles. The van der Waals surface area contributed by atoms with E-state index in [1.165, 1.54) is 14.2 Å². The van der Waals surface area contributed by atoms with Gasteiger partial charge in [0.15, 0.2) is 16.6 Å². The van der Waals surface area contributed by atoms with Gasteiger partial charge in [-0.3, -0.25) is 14.9 Å². The summed E-state index contributed by atoms with van der Waals surface area (Å²) < 4.78 is 15.5. The maximum Gasteiger partial charge on any atom is 0.275 e. The highest BCUT2D eigenvalue weighted by Crippen LogP contribution is 2.30. The zero-order chi connectivity index (χ0) is 20.8. The van der Waals surface area contributed by atoms with Crippen LogP contribution >= 0.6 is 11.3 Å². The second-order valence-electron chi connectivity index (χ2n) is 5.74. The summed E-state index contributed by atoms with van der Waals surface area (Å²) in [4.78, 5) is 28.9. The summed E-state index contributed by atoms with van der Waals surface area (Å²) in [7, 11) is 4.61. The fourth-order valence-electron chi connectivity index (χ4n) is 2.46. The third-order valence-electron chi connectivity index (χ3n) is 3.95. The number of rotatable bonds is 7. The molecule has 0 unspecified atom stereocenters. The fourth-order valence-corrected chi connectivity index (χ4v) is 3.14. The normalized spacial score (nSPS) is 10.2. The second-order valence-corrected chi connectivity index (χ2v) is 6.60. The van der Waals surface area contributed by atoms with Gasteiger partial charge < -0.3 is 19.5 Å². The number of aromatic nitrogens is 1. The lowest BCUT2D eigenvalue weighted by molar-refractivity contribution is 0.101. The quantitative estimate of drug-likeness (QED) is 0.613. The summed E-state index contributed by atoms with van der Waals surface area (Å²) in [5.41, 5.74) is 1.18. The first-order valence-electron chi connectivity index (χ1n) is 8.48. The average molecular weight is 413 g/mol. The van der Waals surface area contributed by atoms with E-state index in [1.54, 1.807) is 55.0 Å². The van der Waals surface area contributed by atoms with Crippen molar-refractivity contribution in [3.05, 3.63) is 59.1 Å². The molecule has 0 spiro atoms. The molecule has 2 amide bonds. The van der Waals surface area contributed by atoms with Gasteiger partial charge in [0.1, 0.15) is 11.4 Å². The Labute approximate surface area is 171 Å². The van der Waals surface area contributed by atoms with Gasteiger partial charge in [-0.2, -0.15) is 0 Å². The molecule has 0 fully saturated rings. The SMILES string of the molecule is COc1ccc(C(=O)Nc2nc(C(=O)Nc3ccc(OC)c(OC)c3)cs2)cc1. The molecule has 0 saturated carbocycles. The lowest BCUT2D eigenvalue weighted by Crippen LogP contribution is -2.14. The van der Waals surface area contributed by atoms with Crippen molar-refractivity contribution in [2.75, 3.05) is 32.0 Å². The van der Waals surface area contributed by atoms with Crippen molar-refractivity contribution in [2.45, 2.75) is 0 Å². The van der Waals surface area contributed by atoms with Crippen molar-refractivity contribution in [3.63, 3.8) is 0 Å². The van der Waals surface area contributed by atoms with Crippen molar-refractivity contribution in [3.8, 4) is 17.2 Å². The summed E-state index contributed by atoms with van der Waals surface area (Å²) in [5, 5.41) is 7.31. The fraction of sp³-hybridized carbons (Fsp3) is 0.150. The van der Waals surface area contributed by atoms with Crippen molar-refractivity contribution in [2.24, 2.45) is 0 Å². The molecule has 0 aliphatic carbocycles. The van der Waals surface area contributed by atoms with Crippen LogP contribution < -0.4 is 24.8 Å². The number of methoxy groups -OCH3 is 3. The van der Waals surface area contributed by atoms with Crippen LogP contribution in [0.15, 0.2) is 47.8 Å². The van der Waals surface area contributed by atoms with Crippen LogP contribution in [-0.2, 0) is 0 Å². The van der Waals surface area contributed by atoms with Gasteiger partial charge >= 0.3 is 0 Å². The molecule has 0 aliphatic rings. The molecule has 3 aromatic rings. The summed E-state index contributed by atoms with van der Waals surface area (Å²) in [6, 6.07) is 11.7. The molecule has 1 aromatic heterocycles. The number of anilines is 2.